The normalized spacial score (nSPS) is 14.8. The quantitative estimate of drug-likeness (QED) is 0.822. The van der Waals surface area contributed by atoms with E-state index in [4.69, 9.17) is 11.6 Å². The Morgan fingerprint density at radius 2 is 2.22 bits per heavy atom. The van der Waals surface area contributed by atoms with E-state index in [0.717, 1.165) is 42.9 Å². The minimum absolute atomic E-state index is 0.718. The molecule has 3 nitrogen and oxygen atoms in total. The van der Waals surface area contributed by atoms with Crippen LogP contribution in [0, 0.1) is 0 Å². The van der Waals surface area contributed by atoms with Crippen LogP contribution in [-0.4, -0.2) is 24.1 Å². The zero-order valence-corrected chi connectivity index (χ0v) is 12.0. The number of aromatic nitrogens is 1. The van der Waals surface area contributed by atoms with Gasteiger partial charge in [-0.05, 0) is 37.8 Å². The number of nitrogens with zero attached hydrogens (tertiary/aromatic N) is 2. The van der Waals surface area contributed by atoms with Gasteiger partial charge in [0.05, 0.1) is 5.02 Å². The first kappa shape index (κ1) is 13.6. The second kappa shape index (κ2) is 6.39. The minimum Gasteiger partial charge on any atom is -0.356 e. The van der Waals surface area contributed by atoms with Crippen LogP contribution in [-0.2, 0) is 6.54 Å². The van der Waals surface area contributed by atoms with Crippen LogP contribution in [0.1, 0.15) is 38.7 Å². The lowest BCUT2D eigenvalue weighted by Gasteiger charge is -2.22. The Kier molecular flexibility index (Phi) is 4.84. The summed E-state index contributed by atoms with van der Waals surface area (Å²) in [5, 5.41) is 4.24. The average Bonchev–Trinajstić information content (AvgIpc) is 3.18. The first-order chi connectivity index (χ1) is 8.74. The molecule has 100 valence electrons. The summed E-state index contributed by atoms with van der Waals surface area (Å²) in [5.74, 6) is 0.913. The number of rotatable bonds is 7. The highest BCUT2D eigenvalue weighted by Gasteiger charge is 2.20. The van der Waals surface area contributed by atoms with Crippen LogP contribution < -0.4 is 10.2 Å². The Balaban J connectivity index is 2.02. The van der Waals surface area contributed by atoms with Gasteiger partial charge in [0.15, 0.2) is 0 Å². The summed E-state index contributed by atoms with van der Waals surface area (Å²) >= 11 is 6.34. The molecule has 0 spiro atoms. The number of nitrogens with one attached hydrogen (secondary N) is 1. The van der Waals surface area contributed by atoms with Crippen molar-refractivity contribution in [1.82, 2.24) is 10.3 Å². The Bertz CT molecular complexity index is 391. The number of halogens is 1. The van der Waals surface area contributed by atoms with Crippen molar-refractivity contribution in [2.24, 2.45) is 0 Å². The number of pyridine rings is 1. The van der Waals surface area contributed by atoms with E-state index in [9.17, 15) is 0 Å². The SMILES string of the molecule is CCCN(CC)c1ncc(CNC2CC2)cc1Cl. The minimum atomic E-state index is 0.718. The van der Waals surface area contributed by atoms with Gasteiger partial charge in [-0.1, -0.05) is 18.5 Å². The fraction of sp³-hybridized carbons (Fsp3) is 0.643. The van der Waals surface area contributed by atoms with Crippen LogP contribution in [0.2, 0.25) is 5.02 Å². The van der Waals surface area contributed by atoms with Gasteiger partial charge in [-0.3, -0.25) is 0 Å². The maximum Gasteiger partial charge on any atom is 0.147 e. The van der Waals surface area contributed by atoms with Crippen LogP contribution in [0.5, 0.6) is 0 Å². The maximum atomic E-state index is 6.34. The van der Waals surface area contributed by atoms with Crippen molar-refractivity contribution in [3.63, 3.8) is 0 Å². The van der Waals surface area contributed by atoms with E-state index >= 15 is 0 Å². The van der Waals surface area contributed by atoms with E-state index in [1.54, 1.807) is 0 Å². The Morgan fingerprint density at radius 1 is 1.44 bits per heavy atom. The Morgan fingerprint density at radius 3 is 2.78 bits per heavy atom. The van der Waals surface area contributed by atoms with E-state index in [-0.39, 0.29) is 0 Å². The summed E-state index contributed by atoms with van der Waals surface area (Å²) in [6, 6.07) is 2.76. The highest BCUT2D eigenvalue weighted by Crippen LogP contribution is 2.25. The third-order valence-corrected chi connectivity index (χ3v) is 3.50. The zero-order chi connectivity index (χ0) is 13.0. The van der Waals surface area contributed by atoms with E-state index in [1.165, 1.54) is 18.4 Å². The molecule has 0 radical (unpaired) electrons. The topological polar surface area (TPSA) is 28.2 Å². The zero-order valence-electron chi connectivity index (χ0n) is 11.2. The lowest BCUT2D eigenvalue weighted by atomic mass is 10.2. The van der Waals surface area contributed by atoms with E-state index in [2.05, 4.69) is 29.0 Å². The molecule has 1 heterocycles. The lowest BCUT2D eigenvalue weighted by Crippen LogP contribution is -2.25. The monoisotopic (exact) mass is 267 g/mol. The van der Waals surface area contributed by atoms with Crippen LogP contribution in [0.4, 0.5) is 5.82 Å². The average molecular weight is 268 g/mol. The molecule has 0 aliphatic heterocycles. The van der Waals surface area contributed by atoms with Crippen LogP contribution in [0.25, 0.3) is 0 Å². The van der Waals surface area contributed by atoms with E-state index in [0.29, 0.717) is 0 Å². The van der Waals surface area contributed by atoms with Crippen molar-refractivity contribution in [2.75, 3.05) is 18.0 Å². The lowest BCUT2D eigenvalue weighted by molar-refractivity contribution is 0.685. The molecule has 2 rings (SSSR count). The van der Waals surface area contributed by atoms with Gasteiger partial charge in [0, 0.05) is 31.9 Å². The molecule has 18 heavy (non-hydrogen) atoms. The number of hydrogen-bond donors (Lipinski definition) is 1. The smallest absolute Gasteiger partial charge is 0.147 e. The second-order valence-electron chi connectivity index (χ2n) is 4.88. The summed E-state index contributed by atoms with van der Waals surface area (Å²) in [4.78, 5) is 6.74. The summed E-state index contributed by atoms with van der Waals surface area (Å²) < 4.78 is 0. The molecule has 1 aromatic rings. The van der Waals surface area contributed by atoms with E-state index in [1.807, 2.05) is 12.3 Å². The molecule has 0 bridgehead atoms. The largest absolute Gasteiger partial charge is 0.356 e. The molecule has 0 amide bonds. The van der Waals surface area contributed by atoms with Gasteiger partial charge in [-0.25, -0.2) is 4.98 Å². The standard InChI is InChI=1S/C14H22ClN3/c1-3-7-18(4-2)14-13(15)8-11(10-17-14)9-16-12-5-6-12/h8,10,12,16H,3-7,9H2,1-2H3. The predicted molar refractivity (Wildman–Crippen MR) is 77.3 cm³/mol. The molecule has 1 aromatic heterocycles. The van der Waals surface area contributed by atoms with Gasteiger partial charge in [-0.2, -0.15) is 0 Å². The molecule has 0 aromatic carbocycles. The van der Waals surface area contributed by atoms with Gasteiger partial charge < -0.3 is 10.2 Å². The predicted octanol–water partition coefficient (Wildman–Crippen LogP) is 3.22. The second-order valence-corrected chi connectivity index (χ2v) is 5.29. The molecule has 1 fully saturated rings. The summed E-state index contributed by atoms with van der Waals surface area (Å²) in [7, 11) is 0. The first-order valence-electron chi connectivity index (χ1n) is 6.87. The fourth-order valence-electron chi connectivity index (χ4n) is 2.03. The van der Waals surface area contributed by atoms with E-state index < -0.39 is 0 Å². The molecule has 0 atom stereocenters. The number of anilines is 1. The van der Waals surface area contributed by atoms with Gasteiger partial charge >= 0.3 is 0 Å². The third-order valence-electron chi connectivity index (χ3n) is 3.23. The first-order valence-corrected chi connectivity index (χ1v) is 7.25. The maximum absolute atomic E-state index is 6.34. The van der Waals surface area contributed by atoms with Crippen molar-refractivity contribution in [3.05, 3.63) is 22.8 Å². The highest BCUT2D eigenvalue weighted by molar-refractivity contribution is 6.33. The highest BCUT2D eigenvalue weighted by atomic mass is 35.5. The third kappa shape index (κ3) is 3.59. The molecule has 0 unspecified atom stereocenters. The van der Waals surface area contributed by atoms with Gasteiger partial charge in [0.1, 0.15) is 5.82 Å². The van der Waals surface area contributed by atoms with Crippen molar-refractivity contribution >= 4 is 17.4 Å². The van der Waals surface area contributed by atoms with Gasteiger partial charge in [0.2, 0.25) is 0 Å². The van der Waals surface area contributed by atoms with Crippen molar-refractivity contribution in [1.29, 1.82) is 0 Å². The van der Waals surface area contributed by atoms with Crippen LogP contribution >= 0.6 is 11.6 Å². The van der Waals surface area contributed by atoms with Crippen molar-refractivity contribution < 1.29 is 0 Å². The molecule has 1 aliphatic carbocycles. The van der Waals surface area contributed by atoms with Gasteiger partial charge in [-0.15, -0.1) is 0 Å². The Hall–Kier alpha value is -0.800. The molecule has 1 saturated carbocycles. The molecular weight excluding hydrogens is 246 g/mol. The summed E-state index contributed by atoms with van der Waals surface area (Å²) in [5.41, 5.74) is 1.17. The fourth-order valence-corrected chi connectivity index (χ4v) is 2.34. The number of hydrogen-bond acceptors (Lipinski definition) is 3. The molecule has 1 aliphatic rings. The molecule has 4 heteroatoms. The van der Waals surface area contributed by atoms with Gasteiger partial charge in [0.25, 0.3) is 0 Å². The summed E-state index contributed by atoms with van der Waals surface area (Å²) in [6.07, 6.45) is 5.66. The van der Waals surface area contributed by atoms with Crippen LogP contribution in [0.15, 0.2) is 12.3 Å². The van der Waals surface area contributed by atoms with Crippen molar-refractivity contribution in [3.8, 4) is 0 Å². The molecule has 1 N–H and O–H groups in total. The van der Waals surface area contributed by atoms with Crippen LogP contribution in [0.3, 0.4) is 0 Å². The molecule has 0 saturated heterocycles. The van der Waals surface area contributed by atoms with Crippen molar-refractivity contribution in [2.45, 2.75) is 45.7 Å². The summed E-state index contributed by atoms with van der Waals surface area (Å²) in [6.45, 7) is 7.13. The Labute approximate surface area is 115 Å². The molecular formula is C14H22ClN3.